The lowest BCUT2D eigenvalue weighted by molar-refractivity contribution is 0.436. The second-order valence-corrected chi connectivity index (χ2v) is 14.6. The molecule has 0 amide bonds. The topological polar surface area (TPSA) is 35.0 Å². The predicted molar refractivity (Wildman–Crippen MR) is 217 cm³/mol. The number of hydrogen-bond acceptors (Lipinski definition) is 4. The van der Waals surface area contributed by atoms with E-state index in [0.29, 0.717) is 5.82 Å². The van der Waals surface area contributed by atoms with Gasteiger partial charge in [-0.25, -0.2) is 9.97 Å². The first-order chi connectivity index (χ1) is 26.3. The second-order valence-electron chi connectivity index (χ2n) is 13.7. The van der Waals surface area contributed by atoms with Gasteiger partial charge in [-0.3, -0.25) is 0 Å². The summed E-state index contributed by atoms with van der Waals surface area (Å²) in [5.41, 5.74) is 13.9. The van der Waals surface area contributed by atoms with Gasteiger partial charge in [0.05, 0.1) is 16.8 Å². The number of nitrogens with zero attached hydrogens (tertiary/aromatic N) is 2. The number of aromatic nitrogens is 2. The molecule has 0 saturated heterocycles. The predicted octanol–water partition coefficient (Wildman–Crippen LogP) is 12.8. The fourth-order valence-electron chi connectivity index (χ4n) is 8.49. The molecule has 0 fully saturated rings. The van der Waals surface area contributed by atoms with Crippen molar-refractivity contribution < 1.29 is 4.74 Å². The number of rotatable bonds is 4. The monoisotopic (exact) mass is 694 g/mol. The molecule has 7 aromatic carbocycles. The highest BCUT2D eigenvalue weighted by atomic mass is 32.1. The van der Waals surface area contributed by atoms with Crippen LogP contribution in [0.2, 0.25) is 0 Å². The maximum atomic E-state index is 6.75. The number of benzene rings is 7. The molecule has 3 nitrogen and oxygen atoms in total. The van der Waals surface area contributed by atoms with Gasteiger partial charge in [-0.05, 0) is 75.0 Å². The first-order valence-corrected chi connectivity index (χ1v) is 18.8. The Balaban J connectivity index is 1.14. The number of para-hydroxylation sites is 1. The smallest absolute Gasteiger partial charge is 0.160 e. The molecule has 0 radical (unpaired) electrons. The van der Waals surface area contributed by atoms with E-state index in [4.69, 9.17) is 14.7 Å². The number of ether oxygens (including phenoxy) is 1. The summed E-state index contributed by atoms with van der Waals surface area (Å²) in [7, 11) is 0. The molecule has 9 aromatic rings. The number of hydrogen-bond donors (Lipinski definition) is 0. The molecule has 0 N–H and O–H groups in total. The fraction of sp³-hybridized carbons (Fsp3) is 0.0204. The van der Waals surface area contributed by atoms with Crippen LogP contribution in [0.5, 0.6) is 11.5 Å². The Labute approximate surface area is 311 Å². The first-order valence-electron chi connectivity index (χ1n) is 17.9. The van der Waals surface area contributed by atoms with Crippen molar-refractivity contribution in [1.29, 1.82) is 0 Å². The van der Waals surface area contributed by atoms with Crippen LogP contribution in [-0.2, 0) is 5.41 Å². The van der Waals surface area contributed by atoms with Gasteiger partial charge < -0.3 is 4.74 Å². The van der Waals surface area contributed by atoms with Crippen molar-refractivity contribution in [2.45, 2.75) is 5.41 Å². The molecule has 1 aliphatic heterocycles. The van der Waals surface area contributed by atoms with Gasteiger partial charge in [-0.15, -0.1) is 11.3 Å². The van der Waals surface area contributed by atoms with Gasteiger partial charge in [0.15, 0.2) is 5.82 Å². The highest BCUT2D eigenvalue weighted by molar-refractivity contribution is 7.17. The molecule has 1 atom stereocenters. The van der Waals surface area contributed by atoms with Crippen molar-refractivity contribution in [3.8, 4) is 67.7 Å². The van der Waals surface area contributed by atoms with E-state index in [9.17, 15) is 0 Å². The van der Waals surface area contributed by atoms with Gasteiger partial charge in [0, 0.05) is 38.1 Å². The Kier molecular flexibility index (Phi) is 6.64. The summed E-state index contributed by atoms with van der Waals surface area (Å²) in [6.07, 6.45) is 0. The summed E-state index contributed by atoms with van der Waals surface area (Å²) < 4.78 is 8.07. The zero-order chi connectivity index (χ0) is 34.9. The number of fused-ring (bicyclic) bond motifs is 11. The molecular formula is C49H30N2OS. The van der Waals surface area contributed by atoms with Gasteiger partial charge in [0.25, 0.3) is 0 Å². The normalized spacial score (nSPS) is 15.0. The van der Waals surface area contributed by atoms with E-state index in [1.807, 2.05) is 23.5 Å². The standard InChI is InChI=1S/C49H30N2OS/c1-3-11-31(12-4-1)32-19-21-34(22-20-32)43-30-42(33-13-5-2-6-14-33)50-48(51-43)36-24-26-45-41(29-36)49(39-17-9-10-18-44(39)52-45)38-16-8-7-15-37(38)46-40(49)25-23-35-27-28-53-47(35)46/h1-30H. The van der Waals surface area contributed by atoms with Gasteiger partial charge in [-0.2, -0.15) is 0 Å². The molecule has 11 rings (SSSR count). The van der Waals surface area contributed by atoms with E-state index in [1.54, 1.807) is 0 Å². The Morgan fingerprint density at radius 2 is 1.04 bits per heavy atom. The van der Waals surface area contributed by atoms with Crippen LogP contribution in [0.4, 0.5) is 0 Å². The van der Waals surface area contributed by atoms with Crippen LogP contribution in [0.1, 0.15) is 22.3 Å². The van der Waals surface area contributed by atoms with Gasteiger partial charge >= 0.3 is 0 Å². The highest BCUT2D eigenvalue weighted by Crippen LogP contribution is 2.63. The third-order valence-corrected chi connectivity index (χ3v) is 11.8. The van der Waals surface area contributed by atoms with Crippen molar-refractivity contribution in [2.24, 2.45) is 0 Å². The Bertz CT molecular complexity index is 2860. The largest absolute Gasteiger partial charge is 0.457 e. The van der Waals surface area contributed by atoms with Crippen molar-refractivity contribution in [3.63, 3.8) is 0 Å². The van der Waals surface area contributed by atoms with E-state index in [1.165, 1.54) is 43.5 Å². The molecule has 2 aliphatic rings. The zero-order valence-electron chi connectivity index (χ0n) is 28.5. The Morgan fingerprint density at radius 1 is 0.434 bits per heavy atom. The van der Waals surface area contributed by atoms with Crippen LogP contribution in [0.25, 0.3) is 66.2 Å². The van der Waals surface area contributed by atoms with Gasteiger partial charge in [0.1, 0.15) is 11.5 Å². The van der Waals surface area contributed by atoms with E-state index in [2.05, 4.69) is 169 Å². The Hall–Kier alpha value is -6.62. The van der Waals surface area contributed by atoms with Crippen LogP contribution in [0.3, 0.4) is 0 Å². The summed E-state index contributed by atoms with van der Waals surface area (Å²) >= 11 is 1.81. The SMILES string of the molecule is c1ccc(-c2ccc(-c3cc(-c4ccccc4)nc(-c4ccc5c(c4)C4(c6ccccc6O5)c5ccccc5-c5c4ccc4ccsc54)n3)cc2)cc1. The Morgan fingerprint density at radius 3 is 1.83 bits per heavy atom. The fourth-order valence-corrected chi connectivity index (χ4v) is 9.45. The molecule has 4 heteroatoms. The minimum atomic E-state index is -0.586. The van der Waals surface area contributed by atoms with E-state index in [-0.39, 0.29) is 0 Å². The summed E-state index contributed by atoms with van der Waals surface area (Å²) in [5.74, 6) is 2.40. The maximum absolute atomic E-state index is 6.75. The molecule has 0 saturated carbocycles. The van der Waals surface area contributed by atoms with E-state index in [0.717, 1.165) is 50.7 Å². The molecule has 3 heterocycles. The minimum Gasteiger partial charge on any atom is -0.457 e. The summed E-state index contributed by atoms with van der Waals surface area (Å²) in [4.78, 5) is 10.5. The van der Waals surface area contributed by atoms with Crippen molar-refractivity contribution in [1.82, 2.24) is 9.97 Å². The maximum Gasteiger partial charge on any atom is 0.160 e. The van der Waals surface area contributed by atoms with Gasteiger partial charge in [0.2, 0.25) is 0 Å². The van der Waals surface area contributed by atoms with E-state index >= 15 is 0 Å². The van der Waals surface area contributed by atoms with E-state index < -0.39 is 5.41 Å². The first kappa shape index (κ1) is 30.0. The summed E-state index contributed by atoms with van der Waals surface area (Å²) in [5, 5.41) is 3.47. The molecule has 1 aliphatic carbocycles. The molecule has 1 unspecified atom stereocenters. The van der Waals surface area contributed by atoms with Crippen LogP contribution >= 0.6 is 11.3 Å². The third kappa shape index (κ3) is 4.52. The molecular weight excluding hydrogens is 665 g/mol. The highest BCUT2D eigenvalue weighted by Gasteiger charge is 2.51. The van der Waals surface area contributed by atoms with Crippen LogP contribution < -0.4 is 4.74 Å². The molecule has 1 spiro atoms. The van der Waals surface area contributed by atoms with Gasteiger partial charge in [-0.1, -0.05) is 140 Å². The second kappa shape index (κ2) is 11.7. The van der Waals surface area contributed by atoms with Crippen molar-refractivity contribution >= 4 is 21.4 Å². The molecule has 53 heavy (non-hydrogen) atoms. The molecule has 2 aromatic heterocycles. The third-order valence-electron chi connectivity index (χ3n) is 10.9. The van der Waals surface area contributed by atoms with Crippen molar-refractivity contribution in [3.05, 3.63) is 204 Å². The average molecular weight is 695 g/mol. The lowest BCUT2D eigenvalue weighted by Crippen LogP contribution is -2.32. The van der Waals surface area contributed by atoms with Crippen LogP contribution in [0, 0.1) is 0 Å². The minimum absolute atomic E-state index is 0.586. The quantitative estimate of drug-likeness (QED) is 0.184. The summed E-state index contributed by atoms with van der Waals surface area (Å²) in [6, 6.07) is 62.4. The molecule has 248 valence electrons. The lowest BCUT2D eigenvalue weighted by atomic mass is 9.66. The van der Waals surface area contributed by atoms with Crippen molar-refractivity contribution in [2.75, 3.05) is 0 Å². The van der Waals surface area contributed by atoms with Crippen LogP contribution in [0.15, 0.2) is 181 Å². The molecule has 0 bridgehead atoms. The average Bonchev–Trinajstić information content (AvgIpc) is 3.83. The number of thiophene rings is 1. The zero-order valence-corrected chi connectivity index (χ0v) is 29.3. The lowest BCUT2D eigenvalue weighted by Gasteiger charge is -2.39. The summed E-state index contributed by atoms with van der Waals surface area (Å²) in [6.45, 7) is 0. The van der Waals surface area contributed by atoms with Crippen LogP contribution in [-0.4, -0.2) is 9.97 Å².